The van der Waals surface area contributed by atoms with Crippen molar-refractivity contribution in [3.63, 3.8) is 0 Å². The fourth-order valence-corrected chi connectivity index (χ4v) is 3.47. The molecule has 0 fully saturated rings. The van der Waals surface area contributed by atoms with Crippen molar-refractivity contribution in [1.29, 1.82) is 0 Å². The van der Waals surface area contributed by atoms with Crippen LogP contribution in [-0.2, 0) is 6.42 Å². The topological polar surface area (TPSA) is 68.3 Å². The molecule has 3 aromatic heterocycles. The molecule has 1 N–H and O–H groups in total. The smallest absolute Gasteiger partial charge is 0.257 e. The molecule has 1 amide bonds. The quantitative estimate of drug-likeness (QED) is 0.724. The van der Waals surface area contributed by atoms with Gasteiger partial charge in [0.25, 0.3) is 5.91 Å². The van der Waals surface area contributed by atoms with Gasteiger partial charge in [-0.2, -0.15) is 0 Å². The summed E-state index contributed by atoms with van der Waals surface area (Å²) < 4.78 is 11.4. The number of aryl methyl sites for hydroxylation is 1. The lowest BCUT2D eigenvalue weighted by Gasteiger charge is -2.04. The average Bonchev–Trinajstić information content (AvgIpc) is 3.20. The fourth-order valence-electron chi connectivity index (χ4n) is 2.09. The van der Waals surface area contributed by atoms with Crippen LogP contribution in [-0.4, -0.2) is 17.6 Å². The van der Waals surface area contributed by atoms with Gasteiger partial charge in [-0.05, 0) is 47.1 Å². The Labute approximate surface area is 139 Å². The SMILES string of the molecule is Cc1onc(-c2ccc(Br)s2)c1C(=O)NCCc1ccco1. The van der Waals surface area contributed by atoms with Gasteiger partial charge in [-0.3, -0.25) is 4.79 Å². The Morgan fingerprint density at radius 2 is 2.27 bits per heavy atom. The summed E-state index contributed by atoms with van der Waals surface area (Å²) in [7, 11) is 0. The molecule has 0 aromatic carbocycles. The van der Waals surface area contributed by atoms with E-state index >= 15 is 0 Å². The van der Waals surface area contributed by atoms with Crippen molar-refractivity contribution in [3.05, 3.63) is 51.4 Å². The van der Waals surface area contributed by atoms with Gasteiger partial charge in [0.15, 0.2) is 0 Å². The number of nitrogens with one attached hydrogen (secondary N) is 1. The number of halogens is 1. The van der Waals surface area contributed by atoms with Crippen molar-refractivity contribution in [2.24, 2.45) is 0 Å². The normalized spacial score (nSPS) is 10.8. The lowest BCUT2D eigenvalue weighted by molar-refractivity contribution is 0.0953. The third-order valence-electron chi connectivity index (χ3n) is 3.13. The number of carbonyl (C=O) groups excluding carboxylic acids is 1. The Balaban J connectivity index is 1.73. The van der Waals surface area contributed by atoms with Crippen LogP contribution in [0, 0.1) is 6.92 Å². The van der Waals surface area contributed by atoms with Gasteiger partial charge in [0, 0.05) is 13.0 Å². The van der Waals surface area contributed by atoms with E-state index in [1.807, 2.05) is 24.3 Å². The zero-order valence-electron chi connectivity index (χ0n) is 11.8. The molecule has 114 valence electrons. The Morgan fingerprint density at radius 1 is 1.41 bits per heavy atom. The first-order chi connectivity index (χ1) is 10.6. The molecule has 0 aliphatic rings. The standard InChI is InChI=1S/C15H13BrN2O3S/c1-9-13(14(18-21-9)11-4-5-12(16)22-11)15(19)17-7-6-10-3-2-8-20-10/h2-5,8H,6-7H2,1H3,(H,17,19). The number of carbonyl (C=O) groups is 1. The highest BCUT2D eigenvalue weighted by Crippen LogP contribution is 2.33. The third-order valence-corrected chi connectivity index (χ3v) is 4.76. The number of hydrogen-bond donors (Lipinski definition) is 1. The summed E-state index contributed by atoms with van der Waals surface area (Å²) in [4.78, 5) is 13.3. The van der Waals surface area contributed by atoms with Gasteiger partial charge < -0.3 is 14.3 Å². The number of furan rings is 1. The Morgan fingerprint density at radius 3 is 2.95 bits per heavy atom. The largest absolute Gasteiger partial charge is 0.469 e. The molecule has 0 atom stereocenters. The summed E-state index contributed by atoms with van der Waals surface area (Å²) in [6.07, 6.45) is 2.26. The number of hydrogen-bond acceptors (Lipinski definition) is 5. The van der Waals surface area contributed by atoms with Crippen LogP contribution in [0.4, 0.5) is 0 Å². The molecule has 0 saturated heterocycles. The van der Waals surface area contributed by atoms with E-state index in [1.54, 1.807) is 13.2 Å². The minimum atomic E-state index is -0.190. The predicted octanol–water partition coefficient (Wildman–Crippen LogP) is 4.04. The third kappa shape index (κ3) is 3.15. The summed E-state index contributed by atoms with van der Waals surface area (Å²) in [5, 5.41) is 6.89. The van der Waals surface area contributed by atoms with E-state index in [0.29, 0.717) is 30.0 Å². The van der Waals surface area contributed by atoms with Crippen LogP contribution >= 0.6 is 27.3 Å². The molecule has 0 bridgehead atoms. The number of thiophene rings is 1. The van der Waals surface area contributed by atoms with E-state index in [-0.39, 0.29) is 5.91 Å². The highest BCUT2D eigenvalue weighted by atomic mass is 79.9. The Bertz CT molecular complexity index is 777. The lowest BCUT2D eigenvalue weighted by atomic mass is 10.1. The van der Waals surface area contributed by atoms with Gasteiger partial charge >= 0.3 is 0 Å². The maximum Gasteiger partial charge on any atom is 0.257 e. The van der Waals surface area contributed by atoms with Crippen molar-refractivity contribution in [2.75, 3.05) is 6.54 Å². The first kappa shape index (κ1) is 15.1. The van der Waals surface area contributed by atoms with Crippen LogP contribution < -0.4 is 5.32 Å². The molecule has 0 aliphatic carbocycles. The van der Waals surface area contributed by atoms with E-state index in [1.165, 1.54) is 11.3 Å². The summed E-state index contributed by atoms with van der Waals surface area (Å²) in [5.41, 5.74) is 1.05. The number of rotatable bonds is 5. The molecule has 0 aliphatic heterocycles. The molecule has 22 heavy (non-hydrogen) atoms. The van der Waals surface area contributed by atoms with Crippen LogP contribution in [0.25, 0.3) is 10.6 Å². The molecule has 5 nitrogen and oxygen atoms in total. The zero-order valence-corrected chi connectivity index (χ0v) is 14.2. The summed E-state index contributed by atoms with van der Waals surface area (Å²) in [6, 6.07) is 7.54. The van der Waals surface area contributed by atoms with Gasteiger partial charge in [-0.15, -0.1) is 11.3 Å². The second-order valence-electron chi connectivity index (χ2n) is 4.65. The van der Waals surface area contributed by atoms with Crippen LogP contribution in [0.1, 0.15) is 21.9 Å². The number of amides is 1. The van der Waals surface area contributed by atoms with E-state index in [0.717, 1.165) is 14.4 Å². The molecule has 7 heteroatoms. The molecule has 0 spiro atoms. The zero-order chi connectivity index (χ0) is 15.5. The van der Waals surface area contributed by atoms with E-state index < -0.39 is 0 Å². The molecule has 3 aromatic rings. The van der Waals surface area contributed by atoms with Crippen molar-refractivity contribution in [2.45, 2.75) is 13.3 Å². The molecule has 0 saturated carbocycles. The van der Waals surface area contributed by atoms with Crippen molar-refractivity contribution in [3.8, 4) is 10.6 Å². The van der Waals surface area contributed by atoms with Gasteiger partial charge in [0.1, 0.15) is 22.8 Å². The second-order valence-corrected chi connectivity index (χ2v) is 7.11. The highest BCUT2D eigenvalue weighted by molar-refractivity contribution is 9.11. The summed E-state index contributed by atoms with van der Waals surface area (Å²) >= 11 is 4.92. The van der Waals surface area contributed by atoms with E-state index in [2.05, 4.69) is 26.4 Å². The molecule has 3 heterocycles. The van der Waals surface area contributed by atoms with Crippen LogP contribution in [0.5, 0.6) is 0 Å². The first-order valence-electron chi connectivity index (χ1n) is 6.67. The van der Waals surface area contributed by atoms with Crippen LogP contribution in [0.2, 0.25) is 0 Å². The maximum absolute atomic E-state index is 12.4. The fraction of sp³-hybridized carbons (Fsp3) is 0.200. The predicted molar refractivity (Wildman–Crippen MR) is 87.0 cm³/mol. The number of nitrogens with zero attached hydrogens (tertiary/aromatic N) is 1. The first-order valence-corrected chi connectivity index (χ1v) is 8.28. The minimum absolute atomic E-state index is 0.190. The molecule has 3 rings (SSSR count). The second kappa shape index (κ2) is 6.50. The van der Waals surface area contributed by atoms with Gasteiger partial charge in [-0.25, -0.2) is 0 Å². The molecular weight excluding hydrogens is 368 g/mol. The van der Waals surface area contributed by atoms with Gasteiger partial charge in [0.05, 0.1) is 14.9 Å². The van der Waals surface area contributed by atoms with Crippen LogP contribution in [0.15, 0.2) is 43.3 Å². The number of aromatic nitrogens is 1. The maximum atomic E-state index is 12.4. The minimum Gasteiger partial charge on any atom is -0.469 e. The molecule has 0 radical (unpaired) electrons. The average molecular weight is 381 g/mol. The van der Waals surface area contributed by atoms with E-state index in [9.17, 15) is 4.79 Å². The van der Waals surface area contributed by atoms with Crippen molar-refractivity contribution in [1.82, 2.24) is 10.5 Å². The van der Waals surface area contributed by atoms with Gasteiger partial charge in [0.2, 0.25) is 0 Å². The van der Waals surface area contributed by atoms with Crippen molar-refractivity contribution < 1.29 is 13.7 Å². The van der Waals surface area contributed by atoms with Crippen LogP contribution in [0.3, 0.4) is 0 Å². The monoisotopic (exact) mass is 380 g/mol. The summed E-state index contributed by atoms with van der Waals surface area (Å²) in [5.74, 6) is 1.16. The van der Waals surface area contributed by atoms with Gasteiger partial charge in [-0.1, -0.05) is 5.16 Å². The van der Waals surface area contributed by atoms with Crippen molar-refractivity contribution >= 4 is 33.2 Å². The lowest BCUT2D eigenvalue weighted by Crippen LogP contribution is -2.26. The Hall–Kier alpha value is -1.86. The highest BCUT2D eigenvalue weighted by Gasteiger charge is 2.22. The molecule has 0 unspecified atom stereocenters. The summed E-state index contributed by atoms with van der Waals surface area (Å²) in [6.45, 7) is 2.23. The molecular formula is C15H13BrN2O3S. The Kier molecular flexibility index (Phi) is 4.44. The van der Waals surface area contributed by atoms with E-state index in [4.69, 9.17) is 8.94 Å².